The standard InChI is InChI=1S/C18H32N6O3/c1-4-13(5-2)16(26)23-9-6-14(7-10-23)22-17(19-3)20-8-11-24-15(25)12-21-18(24)27/h13-14H,4-12H2,1-3H3,(H,21,27)(H2,19,20,22). The van der Waals surface area contributed by atoms with E-state index < -0.39 is 0 Å². The minimum absolute atomic E-state index is 0.0695. The van der Waals surface area contributed by atoms with E-state index in [-0.39, 0.29) is 36.3 Å². The minimum Gasteiger partial charge on any atom is -0.355 e. The molecule has 0 atom stereocenters. The summed E-state index contributed by atoms with van der Waals surface area (Å²) in [6.45, 7) is 6.45. The van der Waals surface area contributed by atoms with Gasteiger partial charge >= 0.3 is 6.03 Å². The summed E-state index contributed by atoms with van der Waals surface area (Å²) >= 11 is 0. The monoisotopic (exact) mass is 380 g/mol. The van der Waals surface area contributed by atoms with Crippen LogP contribution >= 0.6 is 0 Å². The van der Waals surface area contributed by atoms with E-state index in [4.69, 9.17) is 0 Å². The van der Waals surface area contributed by atoms with Gasteiger partial charge in [-0.25, -0.2) is 4.79 Å². The van der Waals surface area contributed by atoms with Crippen molar-refractivity contribution in [3.05, 3.63) is 0 Å². The number of imide groups is 1. The van der Waals surface area contributed by atoms with E-state index >= 15 is 0 Å². The van der Waals surface area contributed by atoms with Crippen molar-refractivity contribution in [1.29, 1.82) is 0 Å². The molecule has 0 spiro atoms. The number of piperidine rings is 1. The van der Waals surface area contributed by atoms with Gasteiger partial charge in [-0.1, -0.05) is 13.8 Å². The summed E-state index contributed by atoms with van der Waals surface area (Å²) in [4.78, 5) is 42.9. The van der Waals surface area contributed by atoms with Crippen LogP contribution in [0.5, 0.6) is 0 Å². The third kappa shape index (κ3) is 5.58. The molecule has 2 rings (SSSR count). The first-order valence-electron chi connectivity index (χ1n) is 9.84. The highest BCUT2D eigenvalue weighted by atomic mass is 16.2. The number of urea groups is 1. The molecule has 0 aromatic rings. The zero-order chi connectivity index (χ0) is 19.8. The molecule has 0 radical (unpaired) electrons. The number of guanidine groups is 1. The number of carbonyl (C=O) groups is 3. The van der Waals surface area contributed by atoms with E-state index in [0.29, 0.717) is 19.0 Å². The molecule has 4 amide bonds. The Morgan fingerprint density at radius 2 is 1.93 bits per heavy atom. The average Bonchev–Trinajstić information content (AvgIpc) is 3.00. The highest BCUT2D eigenvalue weighted by molar-refractivity contribution is 6.01. The molecule has 2 heterocycles. The molecule has 3 N–H and O–H groups in total. The maximum Gasteiger partial charge on any atom is 0.324 e. The maximum atomic E-state index is 12.5. The summed E-state index contributed by atoms with van der Waals surface area (Å²) in [7, 11) is 1.69. The van der Waals surface area contributed by atoms with Crippen molar-refractivity contribution in [3.8, 4) is 0 Å². The van der Waals surface area contributed by atoms with Gasteiger partial charge in [0.15, 0.2) is 5.96 Å². The Balaban J connectivity index is 1.72. The van der Waals surface area contributed by atoms with Gasteiger partial charge in [-0.2, -0.15) is 0 Å². The fraction of sp³-hybridized carbons (Fsp3) is 0.778. The lowest BCUT2D eigenvalue weighted by Crippen LogP contribution is -2.51. The molecule has 152 valence electrons. The van der Waals surface area contributed by atoms with E-state index in [1.807, 2.05) is 4.90 Å². The summed E-state index contributed by atoms with van der Waals surface area (Å²) in [5.74, 6) is 0.843. The highest BCUT2D eigenvalue weighted by Gasteiger charge is 2.28. The number of amides is 4. The Labute approximate surface area is 160 Å². The van der Waals surface area contributed by atoms with Crippen molar-refractivity contribution in [1.82, 2.24) is 25.8 Å². The predicted molar refractivity (Wildman–Crippen MR) is 103 cm³/mol. The normalized spacial score (nSPS) is 18.9. The van der Waals surface area contributed by atoms with Crippen molar-refractivity contribution in [2.24, 2.45) is 10.9 Å². The Hall–Kier alpha value is -2.32. The van der Waals surface area contributed by atoms with Crippen LogP contribution in [0.2, 0.25) is 0 Å². The largest absolute Gasteiger partial charge is 0.355 e. The number of likely N-dealkylation sites (tertiary alicyclic amines) is 1. The van der Waals surface area contributed by atoms with Crippen LogP contribution < -0.4 is 16.0 Å². The van der Waals surface area contributed by atoms with Gasteiger partial charge in [-0.05, 0) is 25.7 Å². The van der Waals surface area contributed by atoms with Gasteiger partial charge in [0.25, 0.3) is 0 Å². The summed E-state index contributed by atoms with van der Waals surface area (Å²) in [6, 6.07) is -0.0991. The molecule has 2 aliphatic heterocycles. The lowest BCUT2D eigenvalue weighted by atomic mass is 9.98. The van der Waals surface area contributed by atoms with E-state index in [1.54, 1.807) is 7.05 Å². The average molecular weight is 380 g/mol. The van der Waals surface area contributed by atoms with Crippen LogP contribution in [-0.4, -0.2) is 79.4 Å². The van der Waals surface area contributed by atoms with E-state index in [2.05, 4.69) is 34.8 Å². The van der Waals surface area contributed by atoms with Crippen LogP contribution in [0.25, 0.3) is 0 Å². The first kappa shape index (κ1) is 21.0. The summed E-state index contributed by atoms with van der Waals surface area (Å²) in [5.41, 5.74) is 0. The molecule has 0 unspecified atom stereocenters. The Bertz CT molecular complexity index is 551. The van der Waals surface area contributed by atoms with Crippen LogP contribution in [0.3, 0.4) is 0 Å². The summed E-state index contributed by atoms with van der Waals surface area (Å²) in [5, 5.41) is 9.00. The fourth-order valence-electron chi connectivity index (χ4n) is 3.50. The van der Waals surface area contributed by atoms with E-state index in [1.165, 1.54) is 4.90 Å². The fourth-order valence-corrected chi connectivity index (χ4v) is 3.50. The highest BCUT2D eigenvalue weighted by Crippen LogP contribution is 2.17. The third-order valence-electron chi connectivity index (χ3n) is 5.27. The molecular weight excluding hydrogens is 348 g/mol. The molecule has 2 aliphatic rings. The van der Waals surface area contributed by atoms with Gasteiger partial charge in [0.05, 0.1) is 6.54 Å². The first-order valence-corrected chi connectivity index (χ1v) is 9.84. The summed E-state index contributed by atoms with van der Waals surface area (Å²) in [6.07, 6.45) is 3.53. The van der Waals surface area contributed by atoms with Crippen LogP contribution in [0.4, 0.5) is 4.79 Å². The van der Waals surface area contributed by atoms with Crippen molar-refractivity contribution in [3.63, 3.8) is 0 Å². The number of hydrogen-bond donors (Lipinski definition) is 3. The van der Waals surface area contributed by atoms with Gasteiger partial charge in [0.2, 0.25) is 11.8 Å². The minimum atomic E-state index is -0.348. The number of carbonyl (C=O) groups excluding carboxylic acids is 3. The smallest absolute Gasteiger partial charge is 0.324 e. The Morgan fingerprint density at radius 3 is 2.44 bits per heavy atom. The van der Waals surface area contributed by atoms with Gasteiger partial charge in [-0.3, -0.25) is 19.5 Å². The predicted octanol–water partition coefficient (Wildman–Crippen LogP) is 0.130. The van der Waals surface area contributed by atoms with Gasteiger partial charge in [-0.15, -0.1) is 0 Å². The Kier molecular flexibility index (Phi) is 7.87. The second-order valence-electron chi connectivity index (χ2n) is 6.96. The lowest BCUT2D eigenvalue weighted by molar-refractivity contribution is -0.136. The first-order chi connectivity index (χ1) is 13.0. The molecule has 2 saturated heterocycles. The zero-order valence-electron chi connectivity index (χ0n) is 16.6. The lowest BCUT2D eigenvalue weighted by Gasteiger charge is -2.35. The molecule has 9 nitrogen and oxygen atoms in total. The molecule has 0 aliphatic carbocycles. The molecule has 0 aromatic heterocycles. The second kappa shape index (κ2) is 10.1. The molecule has 2 fully saturated rings. The second-order valence-corrected chi connectivity index (χ2v) is 6.96. The van der Waals surface area contributed by atoms with Gasteiger partial charge < -0.3 is 20.9 Å². The van der Waals surface area contributed by atoms with Crippen molar-refractivity contribution < 1.29 is 14.4 Å². The van der Waals surface area contributed by atoms with Crippen LogP contribution in [0, 0.1) is 5.92 Å². The maximum absolute atomic E-state index is 12.5. The van der Waals surface area contributed by atoms with E-state index in [0.717, 1.165) is 38.8 Å². The molecular formula is C18H32N6O3. The molecule has 0 bridgehead atoms. The number of nitrogens with one attached hydrogen (secondary N) is 3. The molecule has 0 saturated carbocycles. The number of nitrogens with zero attached hydrogens (tertiary/aromatic N) is 3. The Morgan fingerprint density at radius 1 is 1.26 bits per heavy atom. The molecule has 27 heavy (non-hydrogen) atoms. The number of hydrogen-bond acceptors (Lipinski definition) is 4. The van der Waals surface area contributed by atoms with Crippen molar-refractivity contribution >= 4 is 23.8 Å². The zero-order valence-corrected chi connectivity index (χ0v) is 16.6. The van der Waals surface area contributed by atoms with Crippen molar-refractivity contribution in [2.75, 3.05) is 39.8 Å². The summed E-state index contributed by atoms with van der Waals surface area (Å²) < 4.78 is 0. The van der Waals surface area contributed by atoms with Gasteiger partial charge in [0.1, 0.15) is 0 Å². The van der Waals surface area contributed by atoms with Crippen LogP contribution in [-0.2, 0) is 9.59 Å². The quantitative estimate of drug-likeness (QED) is 0.331. The number of rotatable bonds is 7. The molecule has 0 aromatic carbocycles. The topological polar surface area (TPSA) is 106 Å². The molecule has 9 heteroatoms. The van der Waals surface area contributed by atoms with E-state index in [9.17, 15) is 14.4 Å². The van der Waals surface area contributed by atoms with Crippen molar-refractivity contribution in [2.45, 2.75) is 45.6 Å². The third-order valence-corrected chi connectivity index (χ3v) is 5.27. The number of aliphatic imine (C=N–C) groups is 1. The van der Waals surface area contributed by atoms with Crippen LogP contribution in [0.1, 0.15) is 39.5 Å². The SMILES string of the molecule is CCC(CC)C(=O)N1CCC(NC(=NC)NCCN2C(=O)CNC2=O)CC1. The van der Waals surface area contributed by atoms with Crippen LogP contribution in [0.15, 0.2) is 4.99 Å². The van der Waals surface area contributed by atoms with Gasteiger partial charge in [0, 0.05) is 45.2 Å².